The van der Waals surface area contributed by atoms with Crippen molar-refractivity contribution in [3.05, 3.63) is 17.8 Å². The zero-order chi connectivity index (χ0) is 28.0. The van der Waals surface area contributed by atoms with Crippen LogP contribution in [0.5, 0.6) is 5.88 Å². The van der Waals surface area contributed by atoms with E-state index in [2.05, 4.69) is 22.7 Å². The van der Waals surface area contributed by atoms with Crippen molar-refractivity contribution in [3.63, 3.8) is 0 Å². The molecule has 5 atom stereocenters. The summed E-state index contributed by atoms with van der Waals surface area (Å²) in [5, 5.41) is 10.5. The van der Waals surface area contributed by atoms with Crippen molar-refractivity contribution in [1.29, 1.82) is 0 Å². The van der Waals surface area contributed by atoms with Crippen LogP contribution in [0.25, 0.3) is 6.20 Å². The van der Waals surface area contributed by atoms with Crippen molar-refractivity contribution in [2.24, 2.45) is 34.8 Å². The van der Waals surface area contributed by atoms with Crippen LogP contribution < -0.4 is 21.1 Å². The van der Waals surface area contributed by atoms with Gasteiger partial charge in [0.25, 0.3) is 5.91 Å². The number of rotatable bonds is 11. The van der Waals surface area contributed by atoms with Crippen LogP contribution in [0, 0.1) is 29.1 Å². The maximum atomic E-state index is 13.6. The third-order valence-electron chi connectivity index (χ3n) is 7.66. The Morgan fingerprint density at radius 1 is 1.21 bits per heavy atom. The Morgan fingerprint density at radius 2 is 1.95 bits per heavy atom. The quantitative estimate of drug-likeness (QED) is 0.395. The second-order valence-electron chi connectivity index (χ2n) is 11.7. The zero-order valence-electron chi connectivity index (χ0n) is 23.7. The van der Waals surface area contributed by atoms with Crippen molar-refractivity contribution < 1.29 is 23.9 Å². The van der Waals surface area contributed by atoms with E-state index in [0.29, 0.717) is 42.9 Å². The smallest absolute Gasteiger partial charge is 0.404 e. The molecule has 212 valence electrons. The molecule has 10 heteroatoms. The molecule has 2 aliphatic carbocycles. The number of nitrogens with one attached hydrogen (secondary N) is 2. The first-order chi connectivity index (χ1) is 17.9. The highest BCUT2D eigenvalue weighted by Crippen LogP contribution is 2.45. The van der Waals surface area contributed by atoms with E-state index in [4.69, 9.17) is 15.2 Å². The lowest BCUT2D eigenvalue weighted by molar-refractivity contribution is -0.127. The van der Waals surface area contributed by atoms with Gasteiger partial charge in [0.1, 0.15) is 11.7 Å². The van der Waals surface area contributed by atoms with Gasteiger partial charge in [-0.1, -0.05) is 33.3 Å². The van der Waals surface area contributed by atoms with Crippen LogP contribution in [0.3, 0.4) is 0 Å². The average Bonchev–Trinajstić information content (AvgIpc) is 3.25. The van der Waals surface area contributed by atoms with Crippen LogP contribution in [0.15, 0.2) is 12.3 Å². The number of ether oxygens (including phenoxy) is 2. The third kappa shape index (κ3) is 7.29. The number of fused-ring (bicyclic) bond motifs is 2. The highest BCUT2D eigenvalue weighted by atomic mass is 16.6. The van der Waals surface area contributed by atoms with E-state index in [1.54, 1.807) is 12.3 Å². The van der Waals surface area contributed by atoms with Gasteiger partial charge in [-0.15, -0.1) is 0 Å². The minimum atomic E-state index is -0.767. The van der Waals surface area contributed by atoms with Gasteiger partial charge in [-0.2, -0.15) is 5.10 Å². The first kappa shape index (κ1) is 29.5. The molecule has 3 rings (SSSR count). The van der Waals surface area contributed by atoms with Crippen LogP contribution in [0.4, 0.5) is 4.79 Å². The Balaban J connectivity index is 1.83. The highest BCUT2D eigenvalue weighted by Gasteiger charge is 2.44. The second kappa shape index (κ2) is 12.7. The fraction of sp³-hybridized carbons (Fsp3) is 0.714. The van der Waals surface area contributed by atoms with E-state index in [1.807, 2.05) is 34.6 Å². The molecule has 2 saturated carbocycles. The van der Waals surface area contributed by atoms with Crippen LogP contribution in [0.1, 0.15) is 84.0 Å². The van der Waals surface area contributed by atoms with Gasteiger partial charge < -0.3 is 25.8 Å². The minimum absolute atomic E-state index is 0.0449. The Hall–Kier alpha value is -3.04. The van der Waals surface area contributed by atoms with Crippen molar-refractivity contribution >= 4 is 24.1 Å². The number of amides is 3. The SMILES string of the molecule is CCNC(=O)C(C)(C)/C=C/n1ncc(C(=O)N[C@@H]2C(CC)CC3CC2C[C@@H](OC(N)=O)C3)c1OCC(C)C. The predicted octanol–water partition coefficient (Wildman–Crippen LogP) is 3.96. The number of hydrogen-bond donors (Lipinski definition) is 3. The van der Waals surface area contributed by atoms with Crippen molar-refractivity contribution in [1.82, 2.24) is 20.4 Å². The van der Waals surface area contributed by atoms with Crippen LogP contribution in [-0.4, -0.2) is 53.0 Å². The lowest BCUT2D eigenvalue weighted by atomic mass is 9.63. The van der Waals surface area contributed by atoms with Crippen molar-refractivity contribution in [2.75, 3.05) is 13.2 Å². The number of carbonyl (C=O) groups is 3. The summed E-state index contributed by atoms with van der Waals surface area (Å²) >= 11 is 0. The fourth-order valence-electron chi connectivity index (χ4n) is 5.74. The molecule has 10 nitrogen and oxygen atoms in total. The Kier molecular flexibility index (Phi) is 9.84. The maximum absolute atomic E-state index is 13.6. The van der Waals surface area contributed by atoms with Crippen molar-refractivity contribution in [3.8, 4) is 5.88 Å². The van der Waals surface area contributed by atoms with Crippen LogP contribution >= 0.6 is 0 Å². The molecule has 2 fully saturated rings. The number of primary amides is 1. The normalized spacial score (nSPS) is 25.3. The van der Waals surface area contributed by atoms with Crippen LogP contribution in [-0.2, 0) is 9.53 Å². The molecule has 38 heavy (non-hydrogen) atoms. The summed E-state index contributed by atoms with van der Waals surface area (Å²) < 4.78 is 12.9. The number of hydrogen-bond acceptors (Lipinski definition) is 6. The number of nitrogens with two attached hydrogens (primary N) is 1. The lowest BCUT2D eigenvalue weighted by Crippen LogP contribution is -2.52. The Bertz CT molecular complexity index is 1020. The molecule has 4 N–H and O–H groups in total. The summed E-state index contributed by atoms with van der Waals surface area (Å²) in [5.74, 6) is 1.25. The van der Waals surface area contributed by atoms with Gasteiger partial charge in [-0.3, -0.25) is 9.59 Å². The summed E-state index contributed by atoms with van der Waals surface area (Å²) in [6.07, 6.45) is 8.43. The number of nitrogens with zero attached hydrogens (tertiary/aromatic N) is 2. The van der Waals surface area contributed by atoms with E-state index < -0.39 is 11.5 Å². The summed E-state index contributed by atoms with van der Waals surface area (Å²) in [4.78, 5) is 37.4. The molecule has 0 aromatic carbocycles. The lowest BCUT2D eigenvalue weighted by Gasteiger charge is -2.47. The molecule has 0 spiro atoms. The molecule has 3 amide bonds. The molecule has 3 unspecified atom stereocenters. The van der Waals surface area contributed by atoms with Crippen LogP contribution in [0.2, 0.25) is 0 Å². The number of carbonyl (C=O) groups excluding carboxylic acids is 3. The third-order valence-corrected chi connectivity index (χ3v) is 7.66. The van der Waals surface area contributed by atoms with E-state index in [1.165, 1.54) is 10.9 Å². The molecule has 1 aromatic rings. The molecule has 2 bridgehead atoms. The minimum Gasteiger partial charge on any atom is -0.477 e. The monoisotopic (exact) mass is 531 g/mol. The van der Waals surface area contributed by atoms with Gasteiger partial charge in [-0.25, -0.2) is 9.48 Å². The zero-order valence-corrected chi connectivity index (χ0v) is 23.7. The fourth-order valence-corrected chi connectivity index (χ4v) is 5.74. The molecule has 0 saturated heterocycles. The molecule has 0 radical (unpaired) electrons. The number of aromatic nitrogens is 2. The topological polar surface area (TPSA) is 138 Å². The maximum Gasteiger partial charge on any atom is 0.404 e. The van der Waals surface area contributed by atoms with Gasteiger partial charge >= 0.3 is 6.09 Å². The summed E-state index contributed by atoms with van der Waals surface area (Å²) in [5.41, 5.74) is 4.87. The summed E-state index contributed by atoms with van der Waals surface area (Å²) in [7, 11) is 0. The molecule has 0 aliphatic heterocycles. The molecule has 2 aliphatic rings. The molecule has 1 heterocycles. The van der Waals surface area contributed by atoms with Gasteiger partial charge in [0.2, 0.25) is 11.8 Å². The highest BCUT2D eigenvalue weighted by molar-refractivity contribution is 5.96. The summed E-state index contributed by atoms with van der Waals surface area (Å²) in [6.45, 7) is 12.7. The van der Waals surface area contributed by atoms with Gasteiger partial charge in [0, 0.05) is 18.8 Å². The Labute approximate surface area is 226 Å². The molecular weight excluding hydrogens is 486 g/mol. The van der Waals surface area contributed by atoms with Crippen molar-refractivity contribution in [2.45, 2.75) is 85.8 Å². The van der Waals surface area contributed by atoms with E-state index in [0.717, 1.165) is 25.7 Å². The Morgan fingerprint density at radius 3 is 2.58 bits per heavy atom. The van der Waals surface area contributed by atoms with Gasteiger partial charge in [0.05, 0.1) is 18.2 Å². The average molecular weight is 532 g/mol. The van der Waals surface area contributed by atoms with Gasteiger partial charge in [-0.05, 0) is 70.1 Å². The predicted molar refractivity (Wildman–Crippen MR) is 145 cm³/mol. The second-order valence-corrected chi connectivity index (χ2v) is 11.7. The van der Waals surface area contributed by atoms with E-state index in [9.17, 15) is 14.4 Å². The molecular formula is C28H45N5O5. The first-order valence-corrected chi connectivity index (χ1v) is 13.9. The standard InChI is InChI=1S/C28H45N5O5/c1-7-19-11-18-12-20(14-21(13-18)38-27(29)36)23(19)32-24(34)22-15-31-33(25(22)37-16-17(3)4)10-9-28(5,6)26(35)30-8-2/h9-10,15,17-21,23H,7-8,11-14,16H2,1-6H3,(H2,29,36)(H,30,35)(H,32,34)/b10-9+/t18?,19?,20?,21-,23+/m0/s1. The largest absolute Gasteiger partial charge is 0.477 e. The first-order valence-electron chi connectivity index (χ1n) is 13.9. The summed E-state index contributed by atoms with van der Waals surface area (Å²) in [6, 6.07) is -0.0449. The van der Waals surface area contributed by atoms with Gasteiger partial charge in [0.15, 0.2) is 0 Å². The van der Waals surface area contributed by atoms with E-state index >= 15 is 0 Å². The van der Waals surface area contributed by atoms with E-state index in [-0.39, 0.29) is 35.8 Å². The molecule has 1 aromatic heterocycles.